The maximum atomic E-state index is 12.6. The van der Waals surface area contributed by atoms with E-state index in [0.717, 1.165) is 11.6 Å². The van der Waals surface area contributed by atoms with E-state index in [2.05, 4.69) is 15.4 Å². The van der Waals surface area contributed by atoms with Gasteiger partial charge in [-0.2, -0.15) is 0 Å². The largest absolute Gasteiger partial charge is 0.493 e. The van der Waals surface area contributed by atoms with E-state index in [0.29, 0.717) is 49.1 Å². The number of ether oxygens (including phenoxy) is 3. The van der Waals surface area contributed by atoms with Crippen LogP contribution in [0.1, 0.15) is 5.76 Å². The van der Waals surface area contributed by atoms with Crippen molar-refractivity contribution < 1.29 is 23.5 Å². The van der Waals surface area contributed by atoms with Gasteiger partial charge in [0, 0.05) is 44.4 Å². The fourth-order valence-corrected chi connectivity index (χ4v) is 3.00. The monoisotopic (exact) mass is 376 g/mol. The van der Waals surface area contributed by atoms with Gasteiger partial charge in [-0.05, 0) is 6.92 Å². The van der Waals surface area contributed by atoms with E-state index in [-0.39, 0.29) is 6.03 Å². The topological polar surface area (TPSA) is 89.3 Å². The molecule has 1 fully saturated rings. The Labute approximate surface area is 157 Å². The van der Waals surface area contributed by atoms with Crippen molar-refractivity contribution in [1.29, 1.82) is 0 Å². The molecule has 1 saturated heterocycles. The summed E-state index contributed by atoms with van der Waals surface area (Å²) in [4.78, 5) is 16.5. The van der Waals surface area contributed by atoms with Gasteiger partial charge in [-0.3, -0.25) is 0 Å². The molecule has 0 aliphatic carbocycles. The number of benzene rings is 1. The van der Waals surface area contributed by atoms with Crippen LogP contribution >= 0.6 is 0 Å². The number of urea groups is 1. The van der Waals surface area contributed by atoms with E-state index < -0.39 is 0 Å². The molecule has 9 nitrogen and oxygen atoms in total. The lowest BCUT2D eigenvalue weighted by molar-refractivity contribution is 0.208. The third-order valence-corrected chi connectivity index (χ3v) is 4.42. The zero-order valence-corrected chi connectivity index (χ0v) is 15.9. The second-order valence-corrected chi connectivity index (χ2v) is 6.11. The molecule has 1 aliphatic rings. The Balaban J connectivity index is 1.64. The number of nitrogens with one attached hydrogen (secondary N) is 1. The molecule has 1 aliphatic heterocycles. The molecule has 1 aromatic carbocycles. The van der Waals surface area contributed by atoms with Crippen LogP contribution in [0, 0.1) is 6.92 Å². The number of nitrogens with zero attached hydrogens (tertiary/aromatic N) is 3. The van der Waals surface area contributed by atoms with Gasteiger partial charge in [0.15, 0.2) is 17.3 Å². The molecule has 9 heteroatoms. The Morgan fingerprint density at radius 2 is 1.67 bits per heavy atom. The first-order valence-corrected chi connectivity index (χ1v) is 8.60. The first-order chi connectivity index (χ1) is 13.0. The molecule has 1 aromatic heterocycles. The Bertz CT molecular complexity index is 774. The van der Waals surface area contributed by atoms with Crippen LogP contribution in [0.25, 0.3) is 0 Å². The summed E-state index contributed by atoms with van der Waals surface area (Å²) in [5, 5.41) is 6.91. The molecular formula is C18H24N4O5. The van der Waals surface area contributed by atoms with Gasteiger partial charge in [0.1, 0.15) is 5.76 Å². The number of aromatic nitrogens is 1. The highest BCUT2D eigenvalue weighted by Gasteiger charge is 2.23. The van der Waals surface area contributed by atoms with E-state index in [1.54, 1.807) is 17.0 Å². The SMILES string of the molecule is COc1cc(NC(=O)N2CCN(c3cc(C)on3)CC2)cc(OC)c1OC. The van der Waals surface area contributed by atoms with Crippen LogP contribution in [-0.4, -0.2) is 63.6 Å². The Kier molecular flexibility index (Phi) is 5.58. The number of methoxy groups -OCH3 is 3. The van der Waals surface area contributed by atoms with Crippen molar-refractivity contribution in [3.05, 3.63) is 24.0 Å². The minimum atomic E-state index is -0.180. The molecular weight excluding hydrogens is 352 g/mol. The van der Waals surface area contributed by atoms with Crippen molar-refractivity contribution >= 4 is 17.5 Å². The quantitative estimate of drug-likeness (QED) is 0.857. The van der Waals surface area contributed by atoms with Gasteiger partial charge < -0.3 is 33.9 Å². The summed E-state index contributed by atoms with van der Waals surface area (Å²) in [7, 11) is 4.61. The average Bonchev–Trinajstić information content (AvgIpc) is 3.13. The number of hydrogen-bond acceptors (Lipinski definition) is 7. The van der Waals surface area contributed by atoms with Crippen molar-refractivity contribution in [3.63, 3.8) is 0 Å². The first-order valence-electron chi connectivity index (χ1n) is 8.60. The van der Waals surface area contributed by atoms with Crippen LogP contribution in [0.4, 0.5) is 16.3 Å². The maximum absolute atomic E-state index is 12.6. The van der Waals surface area contributed by atoms with Crippen molar-refractivity contribution in [3.8, 4) is 17.2 Å². The van der Waals surface area contributed by atoms with E-state index >= 15 is 0 Å². The molecule has 0 spiro atoms. The van der Waals surface area contributed by atoms with Gasteiger partial charge in [0.25, 0.3) is 0 Å². The molecule has 1 N–H and O–H groups in total. The molecule has 146 valence electrons. The highest BCUT2D eigenvalue weighted by molar-refractivity contribution is 5.90. The summed E-state index contributed by atoms with van der Waals surface area (Å²) < 4.78 is 21.1. The third-order valence-electron chi connectivity index (χ3n) is 4.42. The molecule has 2 aromatic rings. The standard InChI is InChI=1S/C18H24N4O5/c1-12-9-16(20-27-12)21-5-7-22(8-6-21)18(23)19-13-10-14(24-2)17(26-4)15(11-13)25-3/h9-11H,5-8H2,1-4H3,(H,19,23). The zero-order valence-electron chi connectivity index (χ0n) is 15.9. The molecule has 0 unspecified atom stereocenters. The maximum Gasteiger partial charge on any atom is 0.321 e. The second-order valence-electron chi connectivity index (χ2n) is 6.11. The Hall–Kier alpha value is -3.10. The lowest BCUT2D eigenvalue weighted by Crippen LogP contribution is -2.50. The van der Waals surface area contributed by atoms with E-state index in [1.165, 1.54) is 21.3 Å². The van der Waals surface area contributed by atoms with Crippen LogP contribution in [0.15, 0.2) is 22.7 Å². The summed E-state index contributed by atoms with van der Waals surface area (Å²) in [6.07, 6.45) is 0. The highest BCUT2D eigenvalue weighted by atomic mass is 16.5. The average molecular weight is 376 g/mol. The van der Waals surface area contributed by atoms with Crippen molar-refractivity contribution in [2.24, 2.45) is 0 Å². The van der Waals surface area contributed by atoms with Gasteiger partial charge in [0.05, 0.1) is 27.0 Å². The number of hydrogen-bond donors (Lipinski definition) is 1. The highest BCUT2D eigenvalue weighted by Crippen LogP contribution is 2.40. The van der Waals surface area contributed by atoms with Crippen LogP contribution in [0.3, 0.4) is 0 Å². The van der Waals surface area contributed by atoms with E-state index in [9.17, 15) is 4.79 Å². The Morgan fingerprint density at radius 1 is 1.04 bits per heavy atom. The van der Waals surface area contributed by atoms with E-state index in [4.69, 9.17) is 18.7 Å². The summed E-state index contributed by atoms with van der Waals surface area (Å²) in [6.45, 7) is 4.41. The lowest BCUT2D eigenvalue weighted by Gasteiger charge is -2.34. The molecule has 0 radical (unpaired) electrons. The summed E-state index contributed by atoms with van der Waals surface area (Å²) in [6, 6.07) is 5.12. The smallest absolute Gasteiger partial charge is 0.321 e. The minimum absolute atomic E-state index is 0.180. The number of aryl methyl sites for hydroxylation is 1. The van der Waals surface area contributed by atoms with Gasteiger partial charge in [-0.1, -0.05) is 5.16 Å². The van der Waals surface area contributed by atoms with Gasteiger partial charge in [0.2, 0.25) is 5.75 Å². The van der Waals surface area contributed by atoms with Gasteiger partial charge >= 0.3 is 6.03 Å². The normalized spacial score (nSPS) is 14.1. The van der Waals surface area contributed by atoms with Crippen molar-refractivity contribution in [1.82, 2.24) is 10.1 Å². The van der Waals surface area contributed by atoms with Crippen LogP contribution in [0.2, 0.25) is 0 Å². The predicted octanol–water partition coefficient (Wildman–Crippen LogP) is 2.36. The molecule has 0 saturated carbocycles. The number of carbonyl (C=O) groups is 1. The summed E-state index contributed by atoms with van der Waals surface area (Å²) in [5.74, 6) is 3.02. The van der Waals surface area contributed by atoms with Crippen molar-refractivity contribution in [2.75, 3.05) is 57.7 Å². The molecule has 2 heterocycles. The second kappa shape index (κ2) is 8.07. The molecule has 3 rings (SSSR count). The molecule has 2 amide bonds. The third kappa shape index (κ3) is 4.02. The predicted molar refractivity (Wildman–Crippen MR) is 100 cm³/mol. The van der Waals surface area contributed by atoms with E-state index in [1.807, 2.05) is 13.0 Å². The number of piperazine rings is 1. The fraction of sp³-hybridized carbons (Fsp3) is 0.444. The molecule has 0 atom stereocenters. The minimum Gasteiger partial charge on any atom is -0.493 e. The molecule has 27 heavy (non-hydrogen) atoms. The lowest BCUT2D eigenvalue weighted by atomic mass is 10.2. The van der Waals surface area contributed by atoms with Gasteiger partial charge in [-0.25, -0.2) is 4.79 Å². The zero-order chi connectivity index (χ0) is 19.4. The molecule has 0 bridgehead atoms. The van der Waals surface area contributed by atoms with Crippen LogP contribution in [0.5, 0.6) is 17.2 Å². The number of anilines is 2. The van der Waals surface area contributed by atoms with Crippen molar-refractivity contribution in [2.45, 2.75) is 6.92 Å². The Morgan fingerprint density at radius 3 is 2.15 bits per heavy atom. The van der Waals surface area contributed by atoms with Crippen LogP contribution in [-0.2, 0) is 0 Å². The fourth-order valence-electron chi connectivity index (χ4n) is 3.00. The summed E-state index contributed by atoms with van der Waals surface area (Å²) in [5.41, 5.74) is 0.573. The van der Waals surface area contributed by atoms with Crippen LogP contribution < -0.4 is 24.4 Å². The number of rotatable bonds is 5. The summed E-state index contributed by atoms with van der Waals surface area (Å²) >= 11 is 0. The van der Waals surface area contributed by atoms with Gasteiger partial charge in [-0.15, -0.1) is 0 Å². The number of carbonyl (C=O) groups excluding carboxylic acids is 1. The number of amides is 2. The first kappa shape index (κ1) is 18.7.